The van der Waals surface area contributed by atoms with Crippen molar-refractivity contribution in [2.45, 2.75) is 32.7 Å². The van der Waals surface area contributed by atoms with Crippen LogP contribution < -0.4 is 10.1 Å². The number of rotatable bonds is 2. The Hall–Kier alpha value is -1.55. The highest BCUT2D eigenvalue weighted by Gasteiger charge is 2.21. The third-order valence-electron chi connectivity index (χ3n) is 3.86. The maximum absolute atomic E-state index is 5.93. The van der Waals surface area contributed by atoms with Crippen molar-refractivity contribution >= 4 is 21.6 Å². The first kappa shape index (κ1) is 14.4. The summed E-state index contributed by atoms with van der Waals surface area (Å²) in [5.41, 5.74) is 4.63. The minimum atomic E-state index is 0.268. The van der Waals surface area contributed by atoms with Gasteiger partial charge in [0.25, 0.3) is 0 Å². The number of pyridine rings is 1. The van der Waals surface area contributed by atoms with E-state index < -0.39 is 0 Å². The van der Waals surface area contributed by atoms with E-state index in [0.29, 0.717) is 0 Å². The monoisotopic (exact) mass is 346 g/mol. The maximum Gasteiger partial charge on any atom is 0.127 e. The third-order valence-corrected chi connectivity index (χ3v) is 4.69. The van der Waals surface area contributed by atoms with Crippen molar-refractivity contribution in [3.63, 3.8) is 0 Å². The smallest absolute Gasteiger partial charge is 0.127 e. The average Bonchev–Trinajstić information content (AvgIpc) is 2.67. The van der Waals surface area contributed by atoms with Crippen LogP contribution in [0, 0.1) is 13.8 Å². The number of aryl methyl sites for hydroxylation is 2. The van der Waals surface area contributed by atoms with Crippen molar-refractivity contribution in [2.75, 3.05) is 11.9 Å². The van der Waals surface area contributed by atoms with Crippen LogP contribution in [0.1, 0.15) is 35.6 Å². The zero-order valence-electron chi connectivity index (χ0n) is 12.3. The first-order chi connectivity index (χ1) is 10.1. The highest BCUT2D eigenvalue weighted by atomic mass is 79.9. The van der Waals surface area contributed by atoms with E-state index in [1.54, 1.807) is 0 Å². The van der Waals surface area contributed by atoms with Crippen molar-refractivity contribution in [3.05, 3.63) is 51.8 Å². The Bertz CT molecular complexity index is 657. The molecule has 1 aliphatic rings. The standard InChI is InChI=1S/C17H19BrN2O/c1-11-5-3-6-14-15(7-4-8-21-16(11)14)20-13-9-12(2)17(18)19-10-13/h3,5-6,9-10,15,20H,4,7-8H2,1-2H3. The Kier molecular flexibility index (Phi) is 4.15. The van der Waals surface area contributed by atoms with Gasteiger partial charge >= 0.3 is 0 Å². The Labute approximate surface area is 133 Å². The molecule has 1 atom stereocenters. The molecule has 110 valence electrons. The van der Waals surface area contributed by atoms with E-state index in [1.807, 2.05) is 6.20 Å². The molecule has 0 aliphatic carbocycles. The quantitative estimate of drug-likeness (QED) is 0.794. The molecule has 21 heavy (non-hydrogen) atoms. The van der Waals surface area contributed by atoms with Gasteiger partial charge in [-0.25, -0.2) is 4.98 Å². The van der Waals surface area contributed by atoms with Crippen LogP contribution in [-0.4, -0.2) is 11.6 Å². The number of aromatic nitrogens is 1. The molecule has 0 radical (unpaired) electrons. The summed E-state index contributed by atoms with van der Waals surface area (Å²) in [5.74, 6) is 1.04. The molecule has 3 nitrogen and oxygen atoms in total. The van der Waals surface area contributed by atoms with E-state index in [-0.39, 0.29) is 6.04 Å². The van der Waals surface area contributed by atoms with Gasteiger partial charge in [0.05, 0.1) is 24.5 Å². The number of hydrogen-bond acceptors (Lipinski definition) is 3. The van der Waals surface area contributed by atoms with Crippen LogP contribution in [0.15, 0.2) is 35.1 Å². The largest absolute Gasteiger partial charge is 0.493 e. The molecule has 0 amide bonds. The summed E-state index contributed by atoms with van der Waals surface area (Å²) in [4.78, 5) is 4.36. The van der Waals surface area contributed by atoms with E-state index >= 15 is 0 Å². The van der Waals surface area contributed by atoms with Crippen LogP contribution in [-0.2, 0) is 0 Å². The fourth-order valence-corrected chi connectivity index (χ4v) is 2.97. The van der Waals surface area contributed by atoms with Crippen molar-refractivity contribution in [2.24, 2.45) is 0 Å². The lowest BCUT2D eigenvalue weighted by atomic mass is 9.99. The summed E-state index contributed by atoms with van der Waals surface area (Å²) in [6, 6.07) is 8.75. The maximum atomic E-state index is 5.93. The predicted molar refractivity (Wildman–Crippen MR) is 88.9 cm³/mol. The average molecular weight is 347 g/mol. The number of anilines is 1. The van der Waals surface area contributed by atoms with Gasteiger partial charge in [0.1, 0.15) is 10.4 Å². The molecule has 1 aliphatic heterocycles. The van der Waals surface area contributed by atoms with Gasteiger partial charge in [-0.05, 0) is 59.8 Å². The summed E-state index contributed by atoms with van der Waals surface area (Å²) in [5, 5.41) is 3.61. The van der Waals surface area contributed by atoms with Crippen molar-refractivity contribution in [3.8, 4) is 5.75 Å². The number of fused-ring (bicyclic) bond motifs is 1. The minimum absolute atomic E-state index is 0.268. The first-order valence-corrected chi connectivity index (χ1v) is 8.05. The predicted octanol–water partition coefficient (Wildman–Crippen LogP) is 4.79. The van der Waals surface area contributed by atoms with Crippen LogP contribution in [0.5, 0.6) is 5.75 Å². The lowest BCUT2D eigenvalue weighted by Crippen LogP contribution is -2.11. The summed E-state index contributed by atoms with van der Waals surface area (Å²) in [7, 11) is 0. The minimum Gasteiger partial charge on any atom is -0.493 e. The van der Waals surface area contributed by atoms with E-state index in [4.69, 9.17) is 4.74 Å². The van der Waals surface area contributed by atoms with Gasteiger partial charge in [-0.1, -0.05) is 18.2 Å². The summed E-state index contributed by atoms with van der Waals surface area (Å²) >= 11 is 3.44. The molecule has 0 spiro atoms. The fraction of sp³-hybridized carbons (Fsp3) is 0.353. The number of ether oxygens (including phenoxy) is 1. The zero-order valence-corrected chi connectivity index (χ0v) is 13.9. The number of benzene rings is 1. The fourth-order valence-electron chi connectivity index (χ4n) is 2.75. The number of para-hydroxylation sites is 1. The summed E-state index contributed by atoms with van der Waals surface area (Å²) in [6.45, 7) is 4.94. The molecule has 3 rings (SSSR count). The molecule has 0 fully saturated rings. The van der Waals surface area contributed by atoms with Crippen LogP contribution in [0.3, 0.4) is 0 Å². The molecule has 2 aromatic rings. The molecule has 1 N–H and O–H groups in total. The molecule has 1 aromatic carbocycles. The number of halogens is 1. The van der Waals surface area contributed by atoms with Gasteiger partial charge in [0, 0.05) is 5.56 Å². The number of nitrogens with zero attached hydrogens (tertiary/aromatic N) is 1. The van der Waals surface area contributed by atoms with E-state index in [9.17, 15) is 0 Å². The van der Waals surface area contributed by atoms with Crippen molar-refractivity contribution in [1.29, 1.82) is 0 Å². The zero-order chi connectivity index (χ0) is 14.8. The molecule has 1 aromatic heterocycles. The van der Waals surface area contributed by atoms with Crippen LogP contribution in [0.2, 0.25) is 0 Å². The van der Waals surface area contributed by atoms with E-state index in [2.05, 4.69) is 64.3 Å². The highest BCUT2D eigenvalue weighted by Crippen LogP contribution is 2.36. The molecule has 4 heteroatoms. The van der Waals surface area contributed by atoms with E-state index in [1.165, 1.54) is 11.1 Å². The molecule has 0 bridgehead atoms. The van der Waals surface area contributed by atoms with Crippen LogP contribution >= 0.6 is 15.9 Å². The number of nitrogens with one attached hydrogen (secondary N) is 1. The number of hydrogen-bond donors (Lipinski definition) is 1. The second-order valence-electron chi connectivity index (χ2n) is 5.51. The van der Waals surface area contributed by atoms with Crippen molar-refractivity contribution < 1.29 is 4.74 Å². The van der Waals surface area contributed by atoms with Crippen LogP contribution in [0.4, 0.5) is 5.69 Å². The normalized spacial score (nSPS) is 17.6. The third kappa shape index (κ3) is 3.05. The SMILES string of the molecule is Cc1cc(NC2CCCOc3c(C)cccc32)cnc1Br. The molecule has 0 saturated carbocycles. The Morgan fingerprint density at radius 1 is 1.29 bits per heavy atom. The summed E-state index contributed by atoms with van der Waals surface area (Å²) < 4.78 is 6.82. The molecular weight excluding hydrogens is 328 g/mol. The van der Waals surface area contributed by atoms with Gasteiger partial charge in [0.15, 0.2) is 0 Å². The highest BCUT2D eigenvalue weighted by molar-refractivity contribution is 9.10. The van der Waals surface area contributed by atoms with Gasteiger partial charge in [0.2, 0.25) is 0 Å². The lowest BCUT2D eigenvalue weighted by molar-refractivity contribution is 0.314. The Morgan fingerprint density at radius 2 is 2.14 bits per heavy atom. The Morgan fingerprint density at radius 3 is 2.95 bits per heavy atom. The lowest BCUT2D eigenvalue weighted by Gasteiger charge is -2.20. The topological polar surface area (TPSA) is 34.1 Å². The molecular formula is C17H19BrN2O. The van der Waals surface area contributed by atoms with E-state index in [0.717, 1.165) is 41.1 Å². The molecule has 1 unspecified atom stereocenters. The molecule has 0 saturated heterocycles. The van der Waals surface area contributed by atoms with Gasteiger partial charge in [-0.2, -0.15) is 0 Å². The second kappa shape index (κ2) is 6.06. The second-order valence-corrected chi connectivity index (χ2v) is 6.26. The van der Waals surface area contributed by atoms with Gasteiger partial charge < -0.3 is 10.1 Å². The molecule has 2 heterocycles. The summed E-state index contributed by atoms with van der Waals surface area (Å²) in [6.07, 6.45) is 3.98. The van der Waals surface area contributed by atoms with Gasteiger partial charge in [-0.3, -0.25) is 0 Å². The Balaban J connectivity index is 1.92. The van der Waals surface area contributed by atoms with Crippen molar-refractivity contribution in [1.82, 2.24) is 4.98 Å². The first-order valence-electron chi connectivity index (χ1n) is 7.26. The van der Waals surface area contributed by atoms with Crippen LogP contribution in [0.25, 0.3) is 0 Å². The van der Waals surface area contributed by atoms with Gasteiger partial charge in [-0.15, -0.1) is 0 Å².